The van der Waals surface area contributed by atoms with E-state index < -0.39 is 0 Å². The fraction of sp³-hybridized carbons (Fsp3) is 0.357. The van der Waals surface area contributed by atoms with Gasteiger partial charge >= 0.3 is 6.03 Å². The van der Waals surface area contributed by atoms with Crippen LogP contribution in [0, 0.1) is 12.3 Å². The molecule has 4 heteroatoms. The average Bonchev–Trinajstić information content (AvgIpc) is 2.39. The van der Waals surface area contributed by atoms with Gasteiger partial charge < -0.3 is 15.4 Å². The highest BCUT2D eigenvalue weighted by molar-refractivity contribution is 5.90. The highest BCUT2D eigenvalue weighted by Gasteiger charge is 2.05. The molecule has 18 heavy (non-hydrogen) atoms. The summed E-state index contributed by atoms with van der Waals surface area (Å²) in [4.78, 5) is 11.6. The fourth-order valence-electron chi connectivity index (χ4n) is 1.47. The fourth-order valence-corrected chi connectivity index (χ4v) is 1.47. The van der Waals surface area contributed by atoms with Crippen LogP contribution in [-0.2, 0) is 0 Å². The van der Waals surface area contributed by atoms with Crippen molar-refractivity contribution < 1.29 is 9.53 Å². The van der Waals surface area contributed by atoms with Crippen molar-refractivity contribution >= 4 is 11.7 Å². The first-order valence-electron chi connectivity index (χ1n) is 5.89. The molecule has 0 bridgehead atoms. The summed E-state index contributed by atoms with van der Waals surface area (Å²) in [6, 6.07) is 7.03. The molecule has 2 amide bonds. The molecule has 0 aliphatic heterocycles. The van der Waals surface area contributed by atoms with Crippen molar-refractivity contribution in [3.63, 3.8) is 0 Å². The minimum absolute atomic E-state index is 0.236. The van der Waals surface area contributed by atoms with E-state index in [1.165, 1.54) is 0 Å². The number of nitrogens with one attached hydrogen (secondary N) is 2. The van der Waals surface area contributed by atoms with Gasteiger partial charge in [0.15, 0.2) is 0 Å². The summed E-state index contributed by atoms with van der Waals surface area (Å²) in [6.45, 7) is 0.614. The molecule has 2 N–H and O–H groups in total. The van der Waals surface area contributed by atoms with E-state index in [1.807, 2.05) is 12.1 Å². The smallest absolute Gasteiger partial charge is 0.319 e. The van der Waals surface area contributed by atoms with Crippen molar-refractivity contribution in [3.8, 4) is 18.1 Å². The predicted molar refractivity (Wildman–Crippen MR) is 72.7 cm³/mol. The summed E-state index contributed by atoms with van der Waals surface area (Å²) in [5.41, 5.74) is 0.654. The molecule has 0 saturated carbocycles. The van der Waals surface area contributed by atoms with Gasteiger partial charge in [0.25, 0.3) is 0 Å². The maximum absolute atomic E-state index is 11.6. The lowest BCUT2D eigenvalue weighted by atomic mass is 10.2. The molecule has 1 rings (SSSR count). The number of carbonyl (C=O) groups is 1. The topological polar surface area (TPSA) is 50.4 Å². The van der Waals surface area contributed by atoms with Crippen LogP contribution in [0.2, 0.25) is 0 Å². The van der Waals surface area contributed by atoms with E-state index in [2.05, 4.69) is 16.6 Å². The van der Waals surface area contributed by atoms with Crippen molar-refractivity contribution in [2.75, 3.05) is 19.0 Å². The first-order valence-corrected chi connectivity index (χ1v) is 5.89. The Hall–Kier alpha value is -2.15. The molecular formula is C14H18N2O2. The van der Waals surface area contributed by atoms with Gasteiger partial charge in [-0.15, -0.1) is 12.3 Å². The van der Waals surface area contributed by atoms with Crippen LogP contribution in [0.5, 0.6) is 5.75 Å². The molecule has 0 aromatic heterocycles. The quantitative estimate of drug-likeness (QED) is 0.599. The lowest BCUT2D eigenvalue weighted by Crippen LogP contribution is -2.29. The van der Waals surface area contributed by atoms with Gasteiger partial charge in [0, 0.05) is 13.0 Å². The van der Waals surface area contributed by atoms with Gasteiger partial charge in [0.2, 0.25) is 0 Å². The number of anilines is 1. The van der Waals surface area contributed by atoms with Gasteiger partial charge in [-0.3, -0.25) is 0 Å². The van der Waals surface area contributed by atoms with E-state index in [9.17, 15) is 4.79 Å². The van der Waals surface area contributed by atoms with E-state index >= 15 is 0 Å². The lowest BCUT2D eigenvalue weighted by Gasteiger charge is -2.10. The predicted octanol–water partition coefficient (Wildman–Crippen LogP) is 2.62. The van der Waals surface area contributed by atoms with Gasteiger partial charge in [-0.25, -0.2) is 4.79 Å². The third kappa shape index (κ3) is 4.79. The normalized spacial score (nSPS) is 9.33. The van der Waals surface area contributed by atoms with Gasteiger partial charge in [-0.1, -0.05) is 12.1 Å². The molecule has 0 aliphatic rings. The van der Waals surface area contributed by atoms with E-state index in [1.54, 1.807) is 19.2 Å². The lowest BCUT2D eigenvalue weighted by molar-refractivity contribution is 0.252. The minimum Gasteiger partial charge on any atom is -0.495 e. The molecule has 1 aromatic rings. The number of terminal acetylenes is 1. The second-order valence-corrected chi connectivity index (χ2v) is 3.74. The largest absolute Gasteiger partial charge is 0.495 e. The Morgan fingerprint density at radius 3 is 2.89 bits per heavy atom. The Kier molecular flexibility index (Phi) is 6.20. The monoisotopic (exact) mass is 246 g/mol. The zero-order valence-corrected chi connectivity index (χ0v) is 10.5. The Morgan fingerprint density at radius 2 is 2.17 bits per heavy atom. The molecule has 0 saturated heterocycles. The van der Waals surface area contributed by atoms with E-state index in [0.29, 0.717) is 18.0 Å². The number of hydrogen-bond donors (Lipinski definition) is 2. The number of hydrogen-bond acceptors (Lipinski definition) is 2. The Balaban J connectivity index is 2.33. The standard InChI is InChI=1S/C14H18N2O2/c1-3-4-5-8-11-15-14(17)16-12-9-6-7-10-13(12)18-2/h1,6-7,9-10H,4-5,8,11H2,2H3,(H2,15,16,17). The summed E-state index contributed by atoms with van der Waals surface area (Å²) in [5.74, 6) is 3.20. The van der Waals surface area contributed by atoms with Gasteiger partial charge in [-0.2, -0.15) is 0 Å². The molecule has 4 nitrogen and oxygen atoms in total. The van der Waals surface area contributed by atoms with Crippen molar-refractivity contribution in [2.24, 2.45) is 0 Å². The third-order valence-corrected chi connectivity index (χ3v) is 2.39. The minimum atomic E-state index is -0.236. The van der Waals surface area contributed by atoms with E-state index in [0.717, 1.165) is 19.3 Å². The number of ether oxygens (including phenoxy) is 1. The summed E-state index contributed by atoms with van der Waals surface area (Å²) in [7, 11) is 1.57. The van der Waals surface area contributed by atoms with Crippen molar-refractivity contribution in [1.29, 1.82) is 0 Å². The maximum atomic E-state index is 11.6. The van der Waals surface area contributed by atoms with Crippen LogP contribution in [-0.4, -0.2) is 19.7 Å². The SMILES string of the molecule is C#CCCCCNC(=O)Nc1ccccc1OC. The third-order valence-electron chi connectivity index (χ3n) is 2.39. The van der Waals surface area contributed by atoms with Crippen LogP contribution in [0.4, 0.5) is 10.5 Å². The van der Waals surface area contributed by atoms with Crippen LogP contribution in [0.15, 0.2) is 24.3 Å². The number of unbranched alkanes of at least 4 members (excludes halogenated alkanes) is 2. The molecule has 0 unspecified atom stereocenters. The highest BCUT2D eigenvalue weighted by atomic mass is 16.5. The van der Waals surface area contributed by atoms with Gasteiger partial charge in [0.05, 0.1) is 12.8 Å². The summed E-state index contributed by atoms with van der Waals surface area (Å²) >= 11 is 0. The van der Waals surface area contributed by atoms with Crippen molar-refractivity contribution in [2.45, 2.75) is 19.3 Å². The number of benzene rings is 1. The van der Waals surface area contributed by atoms with Crippen molar-refractivity contribution in [1.82, 2.24) is 5.32 Å². The van der Waals surface area contributed by atoms with E-state index in [-0.39, 0.29) is 6.03 Å². The molecule has 96 valence electrons. The molecule has 0 radical (unpaired) electrons. The first-order chi connectivity index (χ1) is 8.77. The number of amides is 2. The zero-order chi connectivity index (χ0) is 13.2. The molecule has 1 aromatic carbocycles. The number of urea groups is 1. The first kappa shape index (κ1) is 13.9. The number of carbonyl (C=O) groups excluding carboxylic acids is 1. The Bertz CT molecular complexity index is 424. The summed E-state index contributed by atoms with van der Waals surface area (Å²) in [6.07, 6.45) is 7.69. The van der Waals surface area contributed by atoms with Crippen LogP contribution in [0.25, 0.3) is 0 Å². The number of methoxy groups -OCH3 is 1. The maximum Gasteiger partial charge on any atom is 0.319 e. The van der Waals surface area contributed by atoms with Crippen LogP contribution in [0.3, 0.4) is 0 Å². The van der Waals surface area contributed by atoms with Gasteiger partial charge in [0.1, 0.15) is 5.75 Å². The van der Waals surface area contributed by atoms with Crippen LogP contribution >= 0.6 is 0 Å². The molecule has 0 heterocycles. The summed E-state index contributed by atoms with van der Waals surface area (Å²) in [5, 5.41) is 5.50. The molecule has 0 spiro atoms. The highest BCUT2D eigenvalue weighted by Crippen LogP contribution is 2.22. The number of rotatable bonds is 6. The zero-order valence-electron chi connectivity index (χ0n) is 10.5. The van der Waals surface area contributed by atoms with Crippen LogP contribution in [0.1, 0.15) is 19.3 Å². The summed E-state index contributed by atoms with van der Waals surface area (Å²) < 4.78 is 5.14. The average molecular weight is 246 g/mol. The van der Waals surface area contributed by atoms with Crippen LogP contribution < -0.4 is 15.4 Å². The molecular weight excluding hydrogens is 228 g/mol. The van der Waals surface area contributed by atoms with E-state index in [4.69, 9.17) is 11.2 Å². The number of para-hydroxylation sites is 2. The second-order valence-electron chi connectivity index (χ2n) is 3.74. The van der Waals surface area contributed by atoms with Crippen molar-refractivity contribution in [3.05, 3.63) is 24.3 Å². The molecule has 0 aliphatic carbocycles. The molecule has 0 atom stereocenters. The second kappa shape index (κ2) is 8.02. The Morgan fingerprint density at radius 1 is 1.39 bits per heavy atom. The van der Waals surface area contributed by atoms with Gasteiger partial charge in [-0.05, 0) is 25.0 Å². The molecule has 0 fully saturated rings. The Labute approximate surface area is 108 Å².